The van der Waals surface area contributed by atoms with Gasteiger partial charge in [-0.3, -0.25) is 4.79 Å². The molecule has 0 unspecified atom stereocenters. The van der Waals surface area contributed by atoms with Crippen LogP contribution in [0.5, 0.6) is 0 Å². The quantitative estimate of drug-likeness (QED) is 0.680. The van der Waals surface area contributed by atoms with Crippen LogP contribution in [0.25, 0.3) is 0 Å². The number of fused-ring (bicyclic) bond motifs is 1. The van der Waals surface area contributed by atoms with E-state index in [1.54, 1.807) is 0 Å². The normalized spacial score (nSPS) is 15.0. The number of nitrogens with zero attached hydrogens (tertiary/aromatic N) is 2. The van der Waals surface area contributed by atoms with Gasteiger partial charge in [0, 0.05) is 6.42 Å². The number of Topliss-reactive ketones (excluding diaryl/α,β-unsaturated/α-hetero) is 1. The third-order valence-corrected chi connectivity index (χ3v) is 2.54. The maximum Gasteiger partial charge on any atom is 0.166 e. The molecule has 0 aliphatic heterocycles. The molecule has 3 heteroatoms. The van der Waals surface area contributed by atoms with Crippen molar-refractivity contribution >= 4 is 5.78 Å². The maximum atomic E-state index is 11.6. The van der Waals surface area contributed by atoms with Crippen LogP contribution >= 0.6 is 0 Å². The Morgan fingerprint density at radius 3 is 2.57 bits per heavy atom. The van der Waals surface area contributed by atoms with Gasteiger partial charge in [-0.05, 0) is 19.3 Å². The van der Waals surface area contributed by atoms with Gasteiger partial charge >= 0.3 is 0 Å². The molecule has 0 atom stereocenters. The summed E-state index contributed by atoms with van der Waals surface area (Å²) in [5.74, 6) is 1.29. The number of carbonyl (C=O) groups is 1. The van der Waals surface area contributed by atoms with Crippen molar-refractivity contribution in [3.63, 3.8) is 0 Å². The second-order valence-electron chi connectivity index (χ2n) is 4.06. The van der Waals surface area contributed by atoms with Crippen LogP contribution in [0.1, 0.15) is 53.8 Å². The summed E-state index contributed by atoms with van der Waals surface area (Å²) in [6.45, 7) is 6.01. The molecule has 1 aromatic heterocycles. The van der Waals surface area contributed by atoms with E-state index in [4.69, 9.17) is 0 Å². The minimum atomic E-state index is 0.212. The van der Waals surface area contributed by atoms with E-state index < -0.39 is 0 Å². The van der Waals surface area contributed by atoms with Crippen molar-refractivity contribution in [1.29, 1.82) is 0 Å². The molecule has 1 heterocycles. The molecule has 0 amide bonds. The van der Waals surface area contributed by atoms with Gasteiger partial charge < -0.3 is 0 Å². The van der Waals surface area contributed by atoms with Gasteiger partial charge in [0.1, 0.15) is 5.82 Å². The molecule has 1 aliphatic carbocycles. The molecule has 14 heavy (non-hydrogen) atoms. The zero-order valence-corrected chi connectivity index (χ0v) is 8.79. The van der Waals surface area contributed by atoms with E-state index in [1.807, 2.05) is 6.92 Å². The molecular formula is C11H14N2O. The van der Waals surface area contributed by atoms with Gasteiger partial charge in [-0.2, -0.15) is 0 Å². The Labute approximate surface area is 83.6 Å². The summed E-state index contributed by atoms with van der Waals surface area (Å²) in [6.07, 6.45) is 1.39. The Bertz CT molecular complexity index is 397. The highest BCUT2D eigenvalue weighted by atomic mass is 16.1. The van der Waals surface area contributed by atoms with Gasteiger partial charge in [0.05, 0.1) is 17.0 Å². The number of aromatic nitrogens is 2. The summed E-state index contributed by atoms with van der Waals surface area (Å²) in [7, 11) is 0. The van der Waals surface area contributed by atoms with Crippen molar-refractivity contribution in [2.75, 3.05) is 0 Å². The first kappa shape index (κ1) is 9.31. The molecule has 3 nitrogen and oxygen atoms in total. The zero-order valence-electron chi connectivity index (χ0n) is 8.79. The average Bonchev–Trinajstić information content (AvgIpc) is 2.46. The van der Waals surface area contributed by atoms with Crippen molar-refractivity contribution in [3.05, 3.63) is 22.8 Å². The minimum Gasteiger partial charge on any atom is -0.294 e. The molecule has 0 spiro atoms. The third kappa shape index (κ3) is 1.33. The lowest BCUT2D eigenvalue weighted by atomic mass is 10.0. The molecule has 0 radical (unpaired) electrons. The van der Waals surface area contributed by atoms with E-state index >= 15 is 0 Å². The van der Waals surface area contributed by atoms with Gasteiger partial charge in [-0.25, -0.2) is 9.97 Å². The van der Waals surface area contributed by atoms with Crippen molar-refractivity contribution in [2.24, 2.45) is 0 Å². The lowest BCUT2D eigenvalue weighted by Crippen LogP contribution is -2.07. The number of aryl methyl sites for hydroxylation is 2. The second kappa shape index (κ2) is 3.15. The van der Waals surface area contributed by atoms with Crippen molar-refractivity contribution in [2.45, 2.75) is 39.5 Å². The topological polar surface area (TPSA) is 42.9 Å². The first-order valence-electron chi connectivity index (χ1n) is 5.00. The smallest absolute Gasteiger partial charge is 0.166 e. The fourth-order valence-electron chi connectivity index (χ4n) is 1.91. The zero-order chi connectivity index (χ0) is 10.3. The Morgan fingerprint density at radius 2 is 1.93 bits per heavy atom. The minimum absolute atomic E-state index is 0.212. The molecule has 2 rings (SSSR count). The first-order chi connectivity index (χ1) is 6.59. The predicted octanol–water partition coefficient (Wildman–Crippen LogP) is 2.04. The maximum absolute atomic E-state index is 11.6. The molecule has 0 bridgehead atoms. The van der Waals surface area contributed by atoms with E-state index in [9.17, 15) is 4.79 Å². The highest BCUT2D eigenvalue weighted by Crippen LogP contribution is 2.27. The lowest BCUT2D eigenvalue weighted by molar-refractivity contribution is 0.0993. The average molecular weight is 190 g/mol. The van der Waals surface area contributed by atoms with Crippen LogP contribution in [-0.4, -0.2) is 15.8 Å². The predicted molar refractivity (Wildman–Crippen MR) is 53.5 cm³/mol. The van der Waals surface area contributed by atoms with Crippen LogP contribution in [0.3, 0.4) is 0 Å². The molecule has 74 valence electrons. The molecule has 1 aromatic rings. The van der Waals surface area contributed by atoms with Crippen LogP contribution < -0.4 is 0 Å². The SMILES string of the molecule is Cc1nc2c(c(C(C)C)n1)C(=O)CC2. The Balaban J connectivity index is 2.65. The summed E-state index contributed by atoms with van der Waals surface area (Å²) >= 11 is 0. The number of rotatable bonds is 1. The molecule has 0 saturated heterocycles. The summed E-state index contributed by atoms with van der Waals surface area (Å²) < 4.78 is 0. The Morgan fingerprint density at radius 1 is 1.21 bits per heavy atom. The first-order valence-corrected chi connectivity index (χ1v) is 5.00. The van der Waals surface area contributed by atoms with Crippen LogP contribution in [-0.2, 0) is 6.42 Å². The van der Waals surface area contributed by atoms with E-state index in [2.05, 4.69) is 23.8 Å². The van der Waals surface area contributed by atoms with Crippen molar-refractivity contribution in [3.8, 4) is 0 Å². The van der Waals surface area contributed by atoms with E-state index in [-0.39, 0.29) is 5.78 Å². The molecule has 0 fully saturated rings. The fourth-order valence-corrected chi connectivity index (χ4v) is 1.91. The van der Waals surface area contributed by atoms with Gasteiger partial charge in [0.25, 0.3) is 0 Å². The summed E-state index contributed by atoms with van der Waals surface area (Å²) in [5.41, 5.74) is 2.67. The van der Waals surface area contributed by atoms with E-state index in [0.29, 0.717) is 12.3 Å². The van der Waals surface area contributed by atoms with Gasteiger partial charge in [0.15, 0.2) is 5.78 Å². The van der Waals surface area contributed by atoms with Gasteiger partial charge in [-0.1, -0.05) is 13.8 Å². The highest BCUT2D eigenvalue weighted by molar-refractivity contribution is 6.00. The summed E-state index contributed by atoms with van der Waals surface area (Å²) in [4.78, 5) is 20.3. The van der Waals surface area contributed by atoms with Crippen LogP contribution in [0.15, 0.2) is 0 Å². The Hall–Kier alpha value is -1.25. The van der Waals surface area contributed by atoms with Crippen LogP contribution in [0.4, 0.5) is 0 Å². The van der Waals surface area contributed by atoms with E-state index in [1.165, 1.54) is 0 Å². The molecule has 0 aromatic carbocycles. The van der Waals surface area contributed by atoms with Crippen molar-refractivity contribution < 1.29 is 4.79 Å². The van der Waals surface area contributed by atoms with Crippen LogP contribution in [0.2, 0.25) is 0 Å². The molecule has 1 aliphatic rings. The van der Waals surface area contributed by atoms with Gasteiger partial charge in [0.2, 0.25) is 0 Å². The Kier molecular flexibility index (Phi) is 2.10. The largest absolute Gasteiger partial charge is 0.294 e. The van der Waals surface area contributed by atoms with E-state index in [0.717, 1.165) is 29.2 Å². The van der Waals surface area contributed by atoms with Crippen LogP contribution in [0, 0.1) is 6.92 Å². The fraction of sp³-hybridized carbons (Fsp3) is 0.545. The number of hydrogen-bond donors (Lipinski definition) is 0. The lowest BCUT2D eigenvalue weighted by Gasteiger charge is -2.09. The molecule has 0 saturated carbocycles. The highest BCUT2D eigenvalue weighted by Gasteiger charge is 2.26. The monoisotopic (exact) mass is 190 g/mol. The number of ketones is 1. The number of hydrogen-bond acceptors (Lipinski definition) is 3. The summed E-state index contributed by atoms with van der Waals surface area (Å²) in [6, 6.07) is 0. The second-order valence-corrected chi connectivity index (χ2v) is 4.06. The van der Waals surface area contributed by atoms with Gasteiger partial charge in [-0.15, -0.1) is 0 Å². The summed E-state index contributed by atoms with van der Waals surface area (Å²) in [5, 5.41) is 0. The molecular weight excluding hydrogens is 176 g/mol. The third-order valence-electron chi connectivity index (χ3n) is 2.54. The number of carbonyl (C=O) groups excluding carboxylic acids is 1. The van der Waals surface area contributed by atoms with Crippen molar-refractivity contribution in [1.82, 2.24) is 9.97 Å². The molecule has 0 N–H and O–H groups in total. The standard InChI is InChI=1S/C11H14N2O/c1-6(2)11-10-8(4-5-9(10)14)12-7(3)13-11/h6H,4-5H2,1-3H3.